The van der Waals surface area contributed by atoms with E-state index in [2.05, 4.69) is 15.2 Å². The molecule has 32 heavy (non-hydrogen) atoms. The van der Waals surface area contributed by atoms with Crippen LogP contribution in [0.2, 0.25) is 0 Å². The van der Waals surface area contributed by atoms with Crippen molar-refractivity contribution in [3.05, 3.63) is 47.7 Å². The molecule has 1 atom stereocenters. The minimum Gasteiger partial charge on any atom is -0.464 e. The molecule has 1 aromatic heterocycles. The number of pyridine rings is 1. The molecule has 2 aromatic rings. The van der Waals surface area contributed by atoms with E-state index < -0.39 is 5.97 Å². The lowest BCUT2D eigenvalue weighted by molar-refractivity contribution is 0.0594. The average molecular weight is 437 g/mol. The number of hydrogen-bond donors (Lipinski definition) is 3. The van der Waals surface area contributed by atoms with Crippen LogP contribution in [-0.4, -0.2) is 48.1 Å². The van der Waals surface area contributed by atoms with Gasteiger partial charge in [0.1, 0.15) is 5.82 Å². The van der Waals surface area contributed by atoms with Gasteiger partial charge < -0.3 is 25.5 Å². The summed E-state index contributed by atoms with van der Waals surface area (Å²) in [5, 5.41) is 22.4. The lowest BCUT2D eigenvalue weighted by atomic mass is 9.78. The first-order valence-corrected chi connectivity index (χ1v) is 11.4. The van der Waals surface area contributed by atoms with Crippen LogP contribution in [-0.2, 0) is 4.74 Å². The summed E-state index contributed by atoms with van der Waals surface area (Å²) in [5.74, 6) is 0.502. The number of anilines is 3. The number of aliphatic hydroxyl groups is 1. The quantitative estimate of drug-likeness (QED) is 0.440. The molecule has 1 saturated heterocycles. The lowest BCUT2D eigenvalue weighted by Gasteiger charge is -2.37. The number of hydrogen-bond acceptors (Lipinski definition) is 7. The first-order chi connectivity index (χ1) is 15.5. The Kier molecular flexibility index (Phi) is 6.74. The van der Waals surface area contributed by atoms with E-state index in [4.69, 9.17) is 10.1 Å². The third-order valence-corrected chi connectivity index (χ3v) is 6.77. The Labute approximate surface area is 189 Å². The molecule has 2 heterocycles. The number of carbonyl (C=O) groups excluding carboxylic acids is 1. The largest absolute Gasteiger partial charge is 0.464 e. The van der Waals surface area contributed by atoms with Crippen molar-refractivity contribution < 1.29 is 14.6 Å². The van der Waals surface area contributed by atoms with Crippen molar-refractivity contribution in [1.82, 2.24) is 4.98 Å². The van der Waals surface area contributed by atoms with Crippen LogP contribution < -0.4 is 10.2 Å². The Bertz CT molecular complexity index is 965. The van der Waals surface area contributed by atoms with E-state index in [9.17, 15) is 9.90 Å². The van der Waals surface area contributed by atoms with Crippen LogP contribution in [0.3, 0.4) is 0 Å². The van der Waals surface area contributed by atoms with Crippen LogP contribution in [0.25, 0.3) is 0 Å². The first kappa shape index (κ1) is 22.3. The third kappa shape index (κ3) is 4.63. The molecule has 0 radical (unpaired) electrons. The predicted molar refractivity (Wildman–Crippen MR) is 126 cm³/mol. The van der Waals surface area contributed by atoms with Gasteiger partial charge in [-0.2, -0.15) is 0 Å². The van der Waals surface area contributed by atoms with Crippen LogP contribution >= 0.6 is 0 Å². The van der Waals surface area contributed by atoms with Crippen LogP contribution in [0, 0.1) is 17.2 Å². The number of carbonyl (C=O) groups is 1. The fourth-order valence-corrected chi connectivity index (χ4v) is 4.53. The number of ether oxygens (including phenoxy) is 1. The highest BCUT2D eigenvalue weighted by Gasteiger charge is 2.32. The maximum Gasteiger partial charge on any atom is 0.356 e. The number of para-hydroxylation sites is 1. The third-order valence-electron chi connectivity index (χ3n) is 6.77. The van der Waals surface area contributed by atoms with E-state index in [1.807, 2.05) is 37.3 Å². The molecule has 7 nitrogen and oxygen atoms in total. The number of esters is 1. The van der Waals surface area contributed by atoms with Gasteiger partial charge >= 0.3 is 5.97 Å². The minimum atomic E-state index is -0.497. The Morgan fingerprint density at radius 2 is 1.91 bits per heavy atom. The van der Waals surface area contributed by atoms with Gasteiger partial charge in [0.15, 0.2) is 5.69 Å². The van der Waals surface area contributed by atoms with Gasteiger partial charge in [-0.15, -0.1) is 0 Å². The molecular weight excluding hydrogens is 404 g/mol. The molecule has 170 valence electrons. The van der Waals surface area contributed by atoms with Gasteiger partial charge in [0, 0.05) is 30.4 Å². The SMILES string of the molecule is COC(=O)c1cc(N2CCC(C(C)O)CC2)c(C(=N)C2CCC2)c(Nc2ccccc2)n1. The number of rotatable bonds is 7. The van der Waals surface area contributed by atoms with E-state index in [0.717, 1.165) is 62.1 Å². The van der Waals surface area contributed by atoms with Crippen molar-refractivity contribution in [3.8, 4) is 0 Å². The molecule has 0 spiro atoms. The van der Waals surface area contributed by atoms with E-state index >= 15 is 0 Å². The van der Waals surface area contributed by atoms with Crippen molar-refractivity contribution in [2.24, 2.45) is 11.8 Å². The average Bonchev–Trinajstić information content (AvgIpc) is 2.77. The molecule has 1 aliphatic carbocycles. The van der Waals surface area contributed by atoms with Gasteiger partial charge in [0.25, 0.3) is 0 Å². The van der Waals surface area contributed by atoms with E-state index in [0.29, 0.717) is 11.5 Å². The molecule has 1 aromatic carbocycles. The maximum atomic E-state index is 12.5. The Hall–Kier alpha value is -2.93. The molecule has 1 saturated carbocycles. The highest BCUT2D eigenvalue weighted by atomic mass is 16.5. The zero-order valence-electron chi connectivity index (χ0n) is 18.8. The second-order valence-electron chi connectivity index (χ2n) is 8.84. The van der Waals surface area contributed by atoms with Crippen molar-refractivity contribution in [2.45, 2.75) is 45.1 Å². The van der Waals surface area contributed by atoms with Crippen LogP contribution in [0.15, 0.2) is 36.4 Å². The predicted octanol–water partition coefficient (Wildman–Crippen LogP) is 4.38. The van der Waals surface area contributed by atoms with Crippen LogP contribution in [0.5, 0.6) is 0 Å². The number of nitrogens with one attached hydrogen (secondary N) is 2. The van der Waals surface area contributed by atoms with Gasteiger partial charge in [-0.3, -0.25) is 0 Å². The smallest absolute Gasteiger partial charge is 0.356 e. The van der Waals surface area contributed by atoms with Crippen LogP contribution in [0.1, 0.15) is 55.1 Å². The summed E-state index contributed by atoms with van der Waals surface area (Å²) in [6.45, 7) is 3.37. The molecule has 0 amide bonds. The topological polar surface area (TPSA) is 98.5 Å². The van der Waals surface area contributed by atoms with Crippen molar-refractivity contribution in [1.29, 1.82) is 5.41 Å². The molecule has 2 fully saturated rings. The number of aromatic nitrogens is 1. The van der Waals surface area contributed by atoms with Gasteiger partial charge in [-0.05, 0) is 56.7 Å². The maximum absolute atomic E-state index is 12.5. The lowest BCUT2D eigenvalue weighted by Crippen LogP contribution is -2.38. The van der Waals surface area contributed by atoms with Crippen molar-refractivity contribution >= 4 is 28.9 Å². The van der Waals surface area contributed by atoms with Gasteiger partial charge in [-0.25, -0.2) is 9.78 Å². The minimum absolute atomic E-state index is 0.214. The number of piperidine rings is 1. The second kappa shape index (κ2) is 9.69. The fraction of sp³-hybridized carbons (Fsp3) is 0.480. The van der Waals surface area contributed by atoms with Crippen molar-refractivity contribution in [2.75, 3.05) is 30.4 Å². The molecule has 7 heteroatoms. The van der Waals surface area contributed by atoms with Gasteiger partial charge in [0.05, 0.1) is 24.5 Å². The Balaban J connectivity index is 1.78. The number of benzene rings is 1. The summed E-state index contributed by atoms with van der Waals surface area (Å²) in [6, 6.07) is 11.5. The van der Waals surface area contributed by atoms with E-state index in [-0.39, 0.29) is 23.6 Å². The summed E-state index contributed by atoms with van der Waals surface area (Å²) < 4.78 is 4.98. The Morgan fingerprint density at radius 3 is 2.47 bits per heavy atom. The molecule has 2 aliphatic rings. The number of nitrogens with zero attached hydrogens (tertiary/aromatic N) is 2. The standard InChI is InChI=1S/C25H32N4O3/c1-16(30)17-11-13-29(14-12-17)21-15-20(25(31)32-2)28-24(27-19-9-4-3-5-10-19)22(21)23(26)18-7-6-8-18/h3-5,9-10,15-18,26,30H,6-8,11-14H2,1-2H3,(H,27,28). The van der Waals surface area contributed by atoms with Gasteiger partial charge in [0.2, 0.25) is 0 Å². The normalized spacial score (nSPS) is 18.0. The Morgan fingerprint density at radius 1 is 1.22 bits per heavy atom. The number of aliphatic hydroxyl groups excluding tert-OH is 1. The fourth-order valence-electron chi connectivity index (χ4n) is 4.53. The molecule has 4 rings (SSSR count). The van der Waals surface area contributed by atoms with E-state index in [1.165, 1.54) is 7.11 Å². The second-order valence-corrected chi connectivity index (χ2v) is 8.84. The zero-order valence-corrected chi connectivity index (χ0v) is 18.8. The monoisotopic (exact) mass is 436 g/mol. The highest BCUT2D eigenvalue weighted by molar-refractivity contribution is 6.10. The molecule has 1 unspecified atom stereocenters. The van der Waals surface area contributed by atoms with Crippen molar-refractivity contribution in [3.63, 3.8) is 0 Å². The van der Waals surface area contributed by atoms with E-state index in [1.54, 1.807) is 6.07 Å². The first-order valence-electron chi connectivity index (χ1n) is 11.4. The summed E-state index contributed by atoms with van der Waals surface area (Å²) in [4.78, 5) is 19.3. The zero-order chi connectivity index (χ0) is 22.7. The number of methoxy groups -OCH3 is 1. The van der Waals surface area contributed by atoms with Crippen LogP contribution in [0.4, 0.5) is 17.2 Å². The summed E-state index contributed by atoms with van der Waals surface area (Å²) in [6.07, 6.45) is 4.55. The molecule has 1 aliphatic heterocycles. The summed E-state index contributed by atoms with van der Waals surface area (Å²) in [7, 11) is 1.35. The molecular formula is C25H32N4O3. The molecule has 3 N–H and O–H groups in total. The molecule has 0 bridgehead atoms. The summed E-state index contributed by atoms with van der Waals surface area (Å²) >= 11 is 0. The highest BCUT2D eigenvalue weighted by Crippen LogP contribution is 2.38. The van der Waals surface area contributed by atoms with Gasteiger partial charge in [-0.1, -0.05) is 24.6 Å². The summed E-state index contributed by atoms with van der Waals surface area (Å²) in [5.41, 5.74) is 3.26.